The molecule has 2 aliphatic heterocycles. The maximum atomic E-state index is 6.17. The number of rotatable bonds is 1. The normalized spacial score (nSPS) is 36.0. The fraction of sp³-hybridized carbons (Fsp3) is 1.00. The van der Waals surface area contributed by atoms with E-state index in [0.29, 0.717) is 5.54 Å². The summed E-state index contributed by atoms with van der Waals surface area (Å²) in [5.41, 5.74) is 0.559. The molecule has 3 aliphatic rings. The first-order chi connectivity index (χ1) is 8.61. The number of hydrogen-bond acceptors (Lipinski definition) is 3. The molecule has 1 aliphatic carbocycles. The van der Waals surface area contributed by atoms with Crippen molar-refractivity contribution in [1.29, 1.82) is 0 Å². The fourth-order valence-corrected chi connectivity index (χ4v) is 4.31. The molecular weight excluding hydrogens is 224 g/mol. The lowest BCUT2D eigenvalue weighted by atomic mass is 9.85. The number of ether oxygens (including phenoxy) is 1. The zero-order valence-corrected chi connectivity index (χ0v) is 12.0. The van der Waals surface area contributed by atoms with Crippen molar-refractivity contribution in [2.45, 2.75) is 69.6 Å². The van der Waals surface area contributed by atoms with Gasteiger partial charge in [-0.25, -0.2) is 0 Å². The van der Waals surface area contributed by atoms with Crippen molar-refractivity contribution in [3.8, 4) is 0 Å². The molecule has 3 fully saturated rings. The Kier molecular flexibility index (Phi) is 3.41. The molecule has 1 unspecified atom stereocenters. The maximum absolute atomic E-state index is 6.17. The average molecular weight is 252 g/mol. The highest BCUT2D eigenvalue weighted by molar-refractivity contribution is 4.99. The van der Waals surface area contributed by atoms with E-state index in [1.54, 1.807) is 0 Å². The third-order valence-electron chi connectivity index (χ3n) is 5.29. The first-order valence-electron chi connectivity index (χ1n) is 7.73. The highest BCUT2D eigenvalue weighted by Crippen LogP contribution is 2.42. The zero-order valence-electron chi connectivity index (χ0n) is 12.0. The molecule has 18 heavy (non-hydrogen) atoms. The van der Waals surface area contributed by atoms with Crippen LogP contribution < -0.4 is 5.32 Å². The Hall–Kier alpha value is -0.120. The van der Waals surface area contributed by atoms with Crippen molar-refractivity contribution in [2.75, 3.05) is 26.2 Å². The van der Waals surface area contributed by atoms with E-state index < -0.39 is 0 Å². The predicted octanol–water partition coefficient (Wildman–Crippen LogP) is 2.16. The van der Waals surface area contributed by atoms with E-state index in [0.717, 1.165) is 25.7 Å². The summed E-state index contributed by atoms with van der Waals surface area (Å²) in [5, 5.41) is 3.53. The molecule has 0 aromatic carbocycles. The van der Waals surface area contributed by atoms with Crippen molar-refractivity contribution in [3.63, 3.8) is 0 Å². The van der Waals surface area contributed by atoms with Gasteiger partial charge in [-0.1, -0.05) is 12.8 Å². The van der Waals surface area contributed by atoms with E-state index in [4.69, 9.17) is 4.74 Å². The van der Waals surface area contributed by atoms with Crippen molar-refractivity contribution in [3.05, 3.63) is 0 Å². The Balaban J connectivity index is 1.71. The topological polar surface area (TPSA) is 24.5 Å². The van der Waals surface area contributed by atoms with E-state index in [-0.39, 0.29) is 5.60 Å². The van der Waals surface area contributed by atoms with Crippen LogP contribution in [-0.4, -0.2) is 48.3 Å². The van der Waals surface area contributed by atoms with Gasteiger partial charge in [-0.05, 0) is 39.5 Å². The van der Waals surface area contributed by atoms with Crippen molar-refractivity contribution >= 4 is 0 Å². The Morgan fingerprint density at radius 1 is 1.22 bits per heavy atom. The minimum absolute atomic E-state index is 0.254. The third kappa shape index (κ3) is 2.33. The van der Waals surface area contributed by atoms with E-state index in [9.17, 15) is 0 Å². The summed E-state index contributed by atoms with van der Waals surface area (Å²) in [5.74, 6) is 0. The molecule has 3 nitrogen and oxygen atoms in total. The number of nitrogens with one attached hydrogen (secondary N) is 1. The summed E-state index contributed by atoms with van der Waals surface area (Å²) in [6.45, 7) is 9.22. The van der Waals surface area contributed by atoms with Crippen LogP contribution >= 0.6 is 0 Å². The molecule has 104 valence electrons. The van der Waals surface area contributed by atoms with Crippen LogP contribution in [0.25, 0.3) is 0 Å². The van der Waals surface area contributed by atoms with Gasteiger partial charge in [0.25, 0.3) is 0 Å². The maximum Gasteiger partial charge on any atom is 0.0697 e. The monoisotopic (exact) mass is 252 g/mol. The Labute approximate surface area is 111 Å². The second-order valence-electron chi connectivity index (χ2n) is 7.07. The van der Waals surface area contributed by atoms with Gasteiger partial charge in [-0.2, -0.15) is 0 Å². The molecule has 0 radical (unpaired) electrons. The highest BCUT2D eigenvalue weighted by atomic mass is 16.5. The quantitative estimate of drug-likeness (QED) is 0.774. The number of nitrogens with zero attached hydrogens (tertiary/aromatic N) is 1. The highest BCUT2D eigenvalue weighted by Gasteiger charge is 2.44. The van der Waals surface area contributed by atoms with Crippen LogP contribution in [0.1, 0.15) is 52.4 Å². The molecule has 0 aromatic heterocycles. The second kappa shape index (κ2) is 4.77. The molecule has 0 bridgehead atoms. The lowest BCUT2D eigenvalue weighted by Crippen LogP contribution is -2.63. The third-order valence-corrected chi connectivity index (χ3v) is 5.29. The average Bonchev–Trinajstić information content (AvgIpc) is 2.76. The Morgan fingerprint density at radius 3 is 2.72 bits per heavy atom. The fourth-order valence-electron chi connectivity index (χ4n) is 4.31. The molecule has 2 saturated heterocycles. The standard InChI is InChI=1S/C15H28N2O/c1-14(2)12-16-8-9-17(14)13-5-10-18-15(11-13)6-3-4-7-15/h13,16H,3-12H2,1-2H3. The van der Waals surface area contributed by atoms with E-state index in [1.807, 2.05) is 0 Å². The van der Waals surface area contributed by atoms with Gasteiger partial charge in [0.15, 0.2) is 0 Å². The molecule has 3 heteroatoms. The number of hydrogen-bond donors (Lipinski definition) is 1. The number of piperazine rings is 1. The summed E-state index contributed by atoms with van der Waals surface area (Å²) >= 11 is 0. The van der Waals surface area contributed by atoms with Gasteiger partial charge in [-0.15, -0.1) is 0 Å². The first kappa shape index (κ1) is 12.9. The van der Waals surface area contributed by atoms with Crippen LogP contribution in [0.4, 0.5) is 0 Å². The van der Waals surface area contributed by atoms with Gasteiger partial charge >= 0.3 is 0 Å². The Morgan fingerprint density at radius 2 is 2.00 bits per heavy atom. The molecule has 1 spiro atoms. The molecule has 2 heterocycles. The molecule has 3 rings (SSSR count). The Bertz CT molecular complexity index is 297. The minimum Gasteiger partial charge on any atom is -0.375 e. The molecule has 1 saturated carbocycles. The van der Waals surface area contributed by atoms with Crippen molar-refractivity contribution in [1.82, 2.24) is 10.2 Å². The van der Waals surface area contributed by atoms with Gasteiger partial charge in [0, 0.05) is 37.8 Å². The van der Waals surface area contributed by atoms with Crippen LogP contribution in [0.3, 0.4) is 0 Å². The molecule has 0 aromatic rings. The second-order valence-corrected chi connectivity index (χ2v) is 7.07. The predicted molar refractivity (Wildman–Crippen MR) is 73.8 cm³/mol. The van der Waals surface area contributed by atoms with Crippen LogP contribution in [0, 0.1) is 0 Å². The zero-order chi connectivity index (χ0) is 12.6. The van der Waals surface area contributed by atoms with E-state index >= 15 is 0 Å². The smallest absolute Gasteiger partial charge is 0.0697 e. The van der Waals surface area contributed by atoms with E-state index in [2.05, 4.69) is 24.1 Å². The van der Waals surface area contributed by atoms with Crippen molar-refractivity contribution < 1.29 is 4.74 Å². The van der Waals surface area contributed by atoms with Crippen LogP contribution in [0.15, 0.2) is 0 Å². The van der Waals surface area contributed by atoms with Gasteiger partial charge in [-0.3, -0.25) is 4.90 Å². The molecule has 0 amide bonds. The summed E-state index contributed by atoms with van der Waals surface area (Å²) in [7, 11) is 0. The van der Waals surface area contributed by atoms with E-state index in [1.165, 1.54) is 45.1 Å². The summed E-state index contributed by atoms with van der Waals surface area (Å²) in [6, 6.07) is 0.744. The van der Waals surface area contributed by atoms with Crippen LogP contribution in [0.2, 0.25) is 0 Å². The summed E-state index contributed by atoms with van der Waals surface area (Å²) in [6.07, 6.45) is 7.85. The van der Waals surface area contributed by atoms with Gasteiger partial charge in [0.2, 0.25) is 0 Å². The molecular formula is C15H28N2O. The summed E-state index contributed by atoms with van der Waals surface area (Å²) < 4.78 is 6.17. The summed E-state index contributed by atoms with van der Waals surface area (Å²) in [4.78, 5) is 2.76. The lowest BCUT2D eigenvalue weighted by molar-refractivity contribution is -0.116. The molecule has 1 atom stereocenters. The van der Waals surface area contributed by atoms with Crippen molar-refractivity contribution in [2.24, 2.45) is 0 Å². The van der Waals surface area contributed by atoms with Gasteiger partial charge in [0.1, 0.15) is 0 Å². The van der Waals surface area contributed by atoms with Gasteiger partial charge in [0.05, 0.1) is 5.60 Å². The largest absolute Gasteiger partial charge is 0.375 e. The molecule has 1 N–H and O–H groups in total. The lowest BCUT2D eigenvalue weighted by Gasteiger charge is -2.51. The van der Waals surface area contributed by atoms with Gasteiger partial charge < -0.3 is 10.1 Å². The minimum atomic E-state index is 0.254. The SMILES string of the molecule is CC1(C)CNCCN1C1CCOC2(CCCC2)C1. The van der Waals surface area contributed by atoms with Crippen LogP contribution in [0.5, 0.6) is 0 Å². The van der Waals surface area contributed by atoms with Crippen LogP contribution in [-0.2, 0) is 4.74 Å². The first-order valence-corrected chi connectivity index (χ1v) is 7.73.